The molecular formula is C25H25F3N2O. The molecule has 0 aliphatic heterocycles. The number of anilines is 1. The molecule has 1 saturated carbocycles. The number of carbonyl (C=O) groups is 1. The van der Waals surface area contributed by atoms with Crippen molar-refractivity contribution in [1.29, 1.82) is 0 Å². The molecule has 0 spiro atoms. The Kier molecular flexibility index (Phi) is 5.99. The van der Waals surface area contributed by atoms with E-state index in [-0.39, 0.29) is 17.7 Å². The maximum Gasteiger partial charge on any atom is 0.416 e. The Morgan fingerprint density at radius 2 is 1.68 bits per heavy atom. The van der Waals surface area contributed by atoms with Crippen LogP contribution in [-0.2, 0) is 11.0 Å². The summed E-state index contributed by atoms with van der Waals surface area (Å²) in [7, 11) is 0. The molecule has 0 saturated heterocycles. The molecule has 1 N–H and O–H groups in total. The largest absolute Gasteiger partial charge is 0.416 e. The quantitative estimate of drug-likeness (QED) is 0.498. The van der Waals surface area contributed by atoms with Crippen LogP contribution in [0.25, 0.3) is 10.9 Å². The normalized spacial score (nSPS) is 20.4. The van der Waals surface area contributed by atoms with Crippen LogP contribution in [0.15, 0.2) is 60.8 Å². The number of nitrogens with one attached hydrogen (secondary N) is 1. The predicted molar refractivity (Wildman–Crippen MR) is 116 cm³/mol. The lowest BCUT2D eigenvalue weighted by Crippen LogP contribution is -2.29. The fourth-order valence-corrected chi connectivity index (χ4v) is 4.62. The maximum atomic E-state index is 12.7. The molecule has 1 amide bonds. The number of benzene rings is 2. The fraction of sp³-hybridized carbons (Fsp3) is 0.360. The first kappa shape index (κ1) is 21.3. The van der Waals surface area contributed by atoms with Crippen molar-refractivity contribution in [3.63, 3.8) is 0 Å². The van der Waals surface area contributed by atoms with Gasteiger partial charge in [-0.1, -0.05) is 25.1 Å². The zero-order valence-electron chi connectivity index (χ0n) is 17.3. The molecule has 162 valence electrons. The minimum Gasteiger partial charge on any atom is -0.326 e. The number of halogens is 3. The van der Waals surface area contributed by atoms with Crippen LogP contribution in [0.5, 0.6) is 0 Å². The van der Waals surface area contributed by atoms with Crippen LogP contribution >= 0.6 is 0 Å². The topological polar surface area (TPSA) is 42.0 Å². The summed E-state index contributed by atoms with van der Waals surface area (Å²) in [6, 6.07) is 14.9. The van der Waals surface area contributed by atoms with Crippen LogP contribution in [0.1, 0.15) is 49.7 Å². The number of nitrogens with zero attached hydrogens (tertiary/aromatic N) is 1. The third-order valence-electron chi connectivity index (χ3n) is 6.49. The molecular weight excluding hydrogens is 401 g/mol. The Labute approximate surface area is 179 Å². The summed E-state index contributed by atoms with van der Waals surface area (Å²) in [5, 5.41) is 3.97. The molecule has 31 heavy (non-hydrogen) atoms. The van der Waals surface area contributed by atoms with E-state index in [4.69, 9.17) is 0 Å². The number of alkyl halides is 3. The van der Waals surface area contributed by atoms with Crippen molar-refractivity contribution in [2.75, 3.05) is 5.32 Å². The van der Waals surface area contributed by atoms with E-state index in [1.807, 2.05) is 31.3 Å². The molecule has 0 bridgehead atoms. The summed E-state index contributed by atoms with van der Waals surface area (Å²) in [6.07, 6.45) is 1.40. The number of pyridine rings is 1. The molecule has 3 nitrogen and oxygen atoms in total. The number of hydrogen-bond acceptors (Lipinski definition) is 2. The van der Waals surface area contributed by atoms with Crippen molar-refractivity contribution >= 4 is 22.5 Å². The fourth-order valence-electron chi connectivity index (χ4n) is 4.62. The Morgan fingerprint density at radius 1 is 1.00 bits per heavy atom. The van der Waals surface area contributed by atoms with Crippen LogP contribution in [0.2, 0.25) is 0 Å². The van der Waals surface area contributed by atoms with E-state index in [1.54, 1.807) is 0 Å². The third-order valence-corrected chi connectivity index (χ3v) is 6.49. The monoisotopic (exact) mass is 426 g/mol. The number of fused-ring (bicyclic) bond motifs is 1. The van der Waals surface area contributed by atoms with Gasteiger partial charge in [-0.3, -0.25) is 9.78 Å². The molecule has 1 heterocycles. The molecule has 1 aromatic heterocycles. The second-order valence-corrected chi connectivity index (χ2v) is 8.38. The van der Waals surface area contributed by atoms with Gasteiger partial charge in [-0.25, -0.2) is 0 Å². The molecule has 3 aromatic rings. The lowest BCUT2D eigenvalue weighted by Gasteiger charge is -2.32. The first-order valence-corrected chi connectivity index (χ1v) is 10.6. The summed E-state index contributed by atoms with van der Waals surface area (Å²) in [5.74, 6) is 0.378. The van der Waals surface area contributed by atoms with E-state index in [0.717, 1.165) is 43.3 Å². The first-order valence-electron chi connectivity index (χ1n) is 10.6. The van der Waals surface area contributed by atoms with Crippen LogP contribution in [0.4, 0.5) is 18.9 Å². The van der Waals surface area contributed by atoms with Crippen molar-refractivity contribution in [2.24, 2.45) is 11.8 Å². The van der Waals surface area contributed by atoms with Crippen LogP contribution in [0.3, 0.4) is 0 Å². The first-order chi connectivity index (χ1) is 14.8. The molecule has 6 heteroatoms. The zero-order valence-corrected chi connectivity index (χ0v) is 17.3. The molecule has 1 aliphatic rings. The number of carbonyl (C=O) groups excluding carboxylic acids is 1. The van der Waals surface area contributed by atoms with E-state index >= 15 is 0 Å². The maximum absolute atomic E-state index is 12.7. The predicted octanol–water partition coefficient (Wildman–Crippen LogP) is 6.80. The van der Waals surface area contributed by atoms with Gasteiger partial charge < -0.3 is 5.32 Å². The third kappa shape index (κ3) is 4.73. The number of rotatable bonds is 4. The van der Waals surface area contributed by atoms with Gasteiger partial charge in [0.05, 0.1) is 11.1 Å². The van der Waals surface area contributed by atoms with Crippen LogP contribution in [0, 0.1) is 11.8 Å². The van der Waals surface area contributed by atoms with Gasteiger partial charge in [0.25, 0.3) is 0 Å². The Balaban J connectivity index is 1.36. The number of hydrogen-bond donors (Lipinski definition) is 1. The minimum absolute atomic E-state index is 0.141. The Morgan fingerprint density at radius 3 is 2.35 bits per heavy atom. The summed E-state index contributed by atoms with van der Waals surface area (Å²) in [4.78, 5) is 17.1. The van der Waals surface area contributed by atoms with Crippen LogP contribution in [-0.4, -0.2) is 10.9 Å². The zero-order chi connectivity index (χ0) is 22.0. The van der Waals surface area contributed by atoms with Crippen molar-refractivity contribution < 1.29 is 18.0 Å². The highest BCUT2D eigenvalue weighted by Gasteiger charge is 2.31. The molecule has 1 fully saturated rings. The highest BCUT2D eigenvalue weighted by atomic mass is 19.4. The molecule has 4 rings (SSSR count). The highest BCUT2D eigenvalue weighted by Crippen LogP contribution is 2.41. The average Bonchev–Trinajstić information content (AvgIpc) is 2.78. The number of amides is 1. The van der Waals surface area contributed by atoms with E-state index in [1.165, 1.54) is 23.1 Å². The lowest BCUT2D eigenvalue weighted by molar-refractivity contribution is -0.137. The summed E-state index contributed by atoms with van der Waals surface area (Å²) in [5.41, 5.74) is 2.00. The SMILES string of the molecule is C[C@@H](C(=O)Nc1ccc(C(F)(F)F)cc1)[C@H]1CC[C@H](c2ccnc3ccccc32)CC1. The van der Waals surface area contributed by atoms with E-state index in [2.05, 4.69) is 22.4 Å². The van der Waals surface area contributed by atoms with Crippen molar-refractivity contribution in [1.82, 2.24) is 4.98 Å². The second kappa shape index (κ2) is 8.69. The van der Waals surface area contributed by atoms with Crippen molar-refractivity contribution in [3.8, 4) is 0 Å². The highest BCUT2D eigenvalue weighted by molar-refractivity contribution is 5.92. The Bertz CT molecular complexity index is 1050. The van der Waals surface area contributed by atoms with Gasteiger partial charge in [0.2, 0.25) is 5.91 Å². The van der Waals surface area contributed by atoms with Gasteiger partial charge in [-0.15, -0.1) is 0 Å². The van der Waals surface area contributed by atoms with Gasteiger partial charge in [0.15, 0.2) is 0 Å². The van der Waals surface area contributed by atoms with Gasteiger partial charge in [-0.05, 0) is 79.5 Å². The number of aromatic nitrogens is 1. The van der Waals surface area contributed by atoms with E-state index in [0.29, 0.717) is 11.6 Å². The summed E-state index contributed by atoms with van der Waals surface area (Å²) < 4.78 is 38.1. The van der Waals surface area contributed by atoms with Gasteiger partial charge in [0.1, 0.15) is 0 Å². The van der Waals surface area contributed by atoms with Gasteiger partial charge in [-0.2, -0.15) is 13.2 Å². The molecule has 0 radical (unpaired) electrons. The second-order valence-electron chi connectivity index (χ2n) is 8.38. The number of para-hydroxylation sites is 1. The summed E-state index contributed by atoms with van der Waals surface area (Å²) in [6.45, 7) is 1.91. The van der Waals surface area contributed by atoms with Gasteiger partial charge >= 0.3 is 6.18 Å². The molecule has 1 atom stereocenters. The lowest BCUT2D eigenvalue weighted by atomic mass is 9.73. The molecule has 1 aliphatic carbocycles. The van der Waals surface area contributed by atoms with E-state index < -0.39 is 11.7 Å². The van der Waals surface area contributed by atoms with Gasteiger partial charge in [0, 0.05) is 23.2 Å². The standard InChI is InChI=1S/C25H25F3N2O/c1-16(24(31)30-20-12-10-19(11-13-20)25(26,27)28)17-6-8-18(9-7-17)21-14-15-29-23-5-3-2-4-22(21)23/h2-5,10-18H,6-9H2,1H3,(H,30,31)/t16-,17-,18-/m1/s1. The summed E-state index contributed by atoms with van der Waals surface area (Å²) >= 11 is 0. The van der Waals surface area contributed by atoms with E-state index in [9.17, 15) is 18.0 Å². The van der Waals surface area contributed by atoms with Crippen LogP contribution < -0.4 is 5.32 Å². The average molecular weight is 426 g/mol. The van der Waals surface area contributed by atoms with Crippen molar-refractivity contribution in [3.05, 3.63) is 71.9 Å². The molecule has 0 unspecified atom stereocenters. The Hall–Kier alpha value is -2.89. The minimum atomic E-state index is -4.38. The van der Waals surface area contributed by atoms with Crippen molar-refractivity contribution in [2.45, 2.75) is 44.7 Å². The molecule has 2 aromatic carbocycles. The smallest absolute Gasteiger partial charge is 0.326 e.